The summed E-state index contributed by atoms with van der Waals surface area (Å²) < 4.78 is 53.2. The Balaban J connectivity index is 2.06. The van der Waals surface area contributed by atoms with E-state index in [1.54, 1.807) is 26.0 Å². The Bertz CT molecular complexity index is 1060. The summed E-state index contributed by atoms with van der Waals surface area (Å²) in [6, 6.07) is 8.07. The van der Waals surface area contributed by atoms with Crippen molar-refractivity contribution in [3.8, 4) is 0 Å². The zero-order chi connectivity index (χ0) is 23.9. The lowest BCUT2D eigenvalue weighted by Crippen LogP contribution is -2.39. The van der Waals surface area contributed by atoms with Crippen LogP contribution in [-0.4, -0.2) is 44.7 Å². The van der Waals surface area contributed by atoms with Gasteiger partial charge in [0, 0.05) is 26.6 Å². The molecular formula is C22H27F2N3O4S. The van der Waals surface area contributed by atoms with Gasteiger partial charge in [0.2, 0.25) is 21.8 Å². The highest BCUT2D eigenvalue weighted by atomic mass is 32.2. The summed E-state index contributed by atoms with van der Waals surface area (Å²) in [4.78, 5) is 24.7. The molecule has 32 heavy (non-hydrogen) atoms. The predicted octanol–water partition coefficient (Wildman–Crippen LogP) is 2.53. The van der Waals surface area contributed by atoms with Crippen LogP contribution in [0.5, 0.6) is 0 Å². The number of rotatable bonds is 10. The molecule has 0 aliphatic heterocycles. The number of hydrogen-bond acceptors (Lipinski definition) is 4. The van der Waals surface area contributed by atoms with Crippen LogP contribution in [0.4, 0.5) is 8.78 Å². The Hall–Kier alpha value is -2.85. The average Bonchev–Trinajstić information content (AvgIpc) is 2.78. The molecule has 0 saturated carbocycles. The molecule has 0 spiro atoms. The monoisotopic (exact) mass is 467 g/mol. The van der Waals surface area contributed by atoms with E-state index in [9.17, 15) is 26.8 Å². The third-order valence-corrected chi connectivity index (χ3v) is 7.06. The number of carbonyl (C=O) groups is 2. The Morgan fingerprint density at radius 1 is 1.00 bits per heavy atom. The van der Waals surface area contributed by atoms with Gasteiger partial charge in [0.05, 0.1) is 4.90 Å². The normalized spacial score (nSPS) is 12.4. The van der Waals surface area contributed by atoms with Crippen LogP contribution >= 0.6 is 0 Å². The zero-order valence-corrected chi connectivity index (χ0v) is 19.0. The highest BCUT2D eigenvalue weighted by Gasteiger charge is 2.23. The molecule has 1 unspecified atom stereocenters. The van der Waals surface area contributed by atoms with E-state index in [0.717, 1.165) is 17.7 Å². The number of aryl methyl sites for hydroxylation is 1. The maximum Gasteiger partial charge on any atom is 0.246 e. The van der Waals surface area contributed by atoms with Crippen molar-refractivity contribution in [2.24, 2.45) is 0 Å². The third-order valence-electron chi connectivity index (χ3n) is 5.00. The standard InChI is InChI=1S/C22H27F2N3O4S/c1-4-27(5-2)32(30,31)17-10-6-15(7-11-17)8-13-20(28)26-21(22(29)25-3)16-9-12-18(23)19(24)14-16/h6-7,9-12,14,21H,4-5,8,13H2,1-3H3,(H,25,29)(H,26,28). The van der Waals surface area contributed by atoms with Crippen LogP contribution in [0.1, 0.15) is 37.4 Å². The number of nitrogens with one attached hydrogen (secondary N) is 2. The average molecular weight is 468 g/mol. The van der Waals surface area contributed by atoms with Crippen molar-refractivity contribution in [2.45, 2.75) is 37.6 Å². The lowest BCUT2D eigenvalue weighted by Gasteiger charge is -2.19. The number of hydrogen-bond donors (Lipinski definition) is 2. The van der Waals surface area contributed by atoms with Crippen molar-refractivity contribution in [2.75, 3.05) is 20.1 Å². The molecule has 2 amide bonds. The van der Waals surface area contributed by atoms with Gasteiger partial charge < -0.3 is 10.6 Å². The third kappa shape index (κ3) is 6.10. The van der Waals surface area contributed by atoms with Crippen molar-refractivity contribution < 1.29 is 26.8 Å². The fourth-order valence-electron chi connectivity index (χ4n) is 3.17. The van der Waals surface area contributed by atoms with Gasteiger partial charge in [-0.2, -0.15) is 4.31 Å². The van der Waals surface area contributed by atoms with Gasteiger partial charge >= 0.3 is 0 Å². The number of nitrogens with zero attached hydrogens (tertiary/aromatic N) is 1. The summed E-state index contributed by atoms with van der Waals surface area (Å²) in [6.45, 7) is 4.26. The van der Waals surface area contributed by atoms with E-state index < -0.39 is 39.5 Å². The Morgan fingerprint density at radius 2 is 1.62 bits per heavy atom. The predicted molar refractivity (Wildman–Crippen MR) is 116 cm³/mol. The molecule has 2 aromatic rings. The van der Waals surface area contributed by atoms with Gasteiger partial charge in [-0.3, -0.25) is 9.59 Å². The molecule has 0 aromatic heterocycles. The molecule has 0 radical (unpaired) electrons. The molecule has 2 N–H and O–H groups in total. The lowest BCUT2D eigenvalue weighted by atomic mass is 10.0. The molecule has 7 nitrogen and oxygen atoms in total. The maximum absolute atomic E-state index is 13.6. The Kier molecular flexibility index (Phi) is 8.85. The first-order valence-corrected chi connectivity index (χ1v) is 11.6. The van der Waals surface area contributed by atoms with Gasteiger partial charge in [0.25, 0.3) is 0 Å². The first-order chi connectivity index (χ1) is 15.1. The second kappa shape index (κ2) is 11.1. The maximum atomic E-state index is 13.6. The Labute approximate surface area is 186 Å². The molecule has 10 heteroatoms. The number of amides is 2. The fraction of sp³-hybridized carbons (Fsp3) is 0.364. The molecule has 0 saturated heterocycles. The van der Waals surface area contributed by atoms with Gasteiger partial charge in [-0.1, -0.05) is 32.0 Å². The van der Waals surface area contributed by atoms with Crippen LogP contribution in [0.25, 0.3) is 0 Å². The summed E-state index contributed by atoms with van der Waals surface area (Å²) in [7, 11) is -2.19. The number of sulfonamides is 1. The molecule has 2 aromatic carbocycles. The molecule has 0 aliphatic rings. The first kappa shape index (κ1) is 25.4. The summed E-state index contributed by atoms with van der Waals surface area (Å²) in [5.74, 6) is -3.22. The molecule has 174 valence electrons. The first-order valence-electron chi connectivity index (χ1n) is 10.2. The van der Waals surface area contributed by atoms with Crippen LogP contribution in [0.3, 0.4) is 0 Å². The smallest absolute Gasteiger partial charge is 0.246 e. The van der Waals surface area contributed by atoms with Crippen molar-refractivity contribution >= 4 is 21.8 Å². The van der Waals surface area contributed by atoms with Crippen LogP contribution in [0, 0.1) is 11.6 Å². The van der Waals surface area contributed by atoms with E-state index in [0.29, 0.717) is 19.5 Å². The second-order valence-electron chi connectivity index (χ2n) is 7.02. The van der Waals surface area contributed by atoms with Crippen molar-refractivity contribution in [1.29, 1.82) is 0 Å². The number of halogens is 2. The molecule has 2 rings (SSSR count). The van der Waals surface area contributed by atoms with E-state index in [-0.39, 0.29) is 16.9 Å². The van der Waals surface area contributed by atoms with Gasteiger partial charge in [-0.05, 0) is 41.8 Å². The minimum absolute atomic E-state index is 0.0132. The quantitative estimate of drug-likeness (QED) is 0.561. The lowest BCUT2D eigenvalue weighted by molar-refractivity contribution is -0.128. The van der Waals surface area contributed by atoms with Gasteiger partial charge in [-0.25, -0.2) is 17.2 Å². The zero-order valence-electron chi connectivity index (χ0n) is 18.2. The molecule has 0 heterocycles. The SMILES string of the molecule is CCN(CC)S(=O)(=O)c1ccc(CCC(=O)NC(C(=O)NC)c2ccc(F)c(F)c2)cc1. The summed E-state index contributed by atoms with van der Waals surface area (Å²) in [5.41, 5.74) is 0.852. The number of likely N-dealkylation sites (N-methyl/N-ethyl adjacent to an activating group) is 1. The van der Waals surface area contributed by atoms with Crippen LogP contribution < -0.4 is 10.6 Å². The molecular weight excluding hydrogens is 440 g/mol. The van der Waals surface area contributed by atoms with E-state index in [1.165, 1.54) is 29.6 Å². The van der Waals surface area contributed by atoms with Gasteiger partial charge in [-0.15, -0.1) is 0 Å². The molecule has 1 atom stereocenters. The van der Waals surface area contributed by atoms with Crippen LogP contribution in [-0.2, 0) is 26.0 Å². The largest absolute Gasteiger partial charge is 0.357 e. The topological polar surface area (TPSA) is 95.6 Å². The van der Waals surface area contributed by atoms with Gasteiger partial charge in [0.1, 0.15) is 6.04 Å². The highest BCUT2D eigenvalue weighted by Crippen LogP contribution is 2.19. The molecule has 0 fully saturated rings. The number of carbonyl (C=O) groups excluding carboxylic acids is 2. The van der Waals surface area contributed by atoms with Crippen molar-refractivity contribution in [1.82, 2.24) is 14.9 Å². The second-order valence-corrected chi connectivity index (χ2v) is 8.96. The molecule has 0 aliphatic carbocycles. The summed E-state index contributed by atoms with van der Waals surface area (Å²) in [6.07, 6.45) is 0.314. The summed E-state index contributed by atoms with van der Waals surface area (Å²) in [5, 5.41) is 4.91. The van der Waals surface area contributed by atoms with Crippen LogP contribution in [0.2, 0.25) is 0 Å². The Morgan fingerprint density at radius 3 is 2.16 bits per heavy atom. The van der Waals surface area contributed by atoms with Crippen LogP contribution in [0.15, 0.2) is 47.4 Å². The summed E-state index contributed by atoms with van der Waals surface area (Å²) >= 11 is 0. The number of benzene rings is 2. The minimum Gasteiger partial charge on any atom is -0.357 e. The minimum atomic E-state index is -3.56. The van der Waals surface area contributed by atoms with E-state index in [2.05, 4.69) is 10.6 Å². The molecule has 0 bridgehead atoms. The van der Waals surface area contributed by atoms with Gasteiger partial charge in [0.15, 0.2) is 11.6 Å². The van der Waals surface area contributed by atoms with E-state index in [4.69, 9.17) is 0 Å². The van der Waals surface area contributed by atoms with Crippen molar-refractivity contribution in [3.05, 3.63) is 65.2 Å². The van der Waals surface area contributed by atoms with Crippen molar-refractivity contribution in [3.63, 3.8) is 0 Å². The fourth-order valence-corrected chi connectivity index (χ4v) is 4.63. The highest BCUT2D eigenvalue weighted by molar-refractivity contribution is 7.89. The van der Waals surface area contributed by atoms with E-state index >= 15 is 0 Å². The van der Waals surface area contributed by atoms with E-state index in [1.807, 2.05) is 0 Å².